The van der Waals surface area contributed by atoms with Gasteiger partial charge in [0.1, 0.15) is 11.6 Å². The van der Waals surface area contributed by atoms with E-state index in [1.807, 2.05) is 6.07 Å². The van der Waals surface area contributed by atoms with Crippen LogP contribution in [0.3, 0.4) is 0 Å². The molecule has 0 bridgehead atoms. The molecule has 0 unspecified atom stereocenters. The average Bonchev–Trinajstić information content (AvgIpc) is 3.09. The summed E-state index contributed by atoms with van der Waals surface area (Å²) in [5.74, 6) is 1.41. The van der Waals surface area contributed by atoms with E-state index in [2.05, 4.69) is 41.2 Å². The number of halogens is 3. The molecule has 0 saturated carbocycles. The van der Waals surface area contributed by atoms with Crippen molar-refractivity contribution in [2.45, 2.75) is 52.1 Å². The van der Waals surface area contributed by atoms with Gasteiger partial charge in [-0.05, 0) is 74.9 Å². The fourth-order valence-electron chi connectivity index (χ4n) is 4.96. The maximum atomic E-state index is 13.7. The Morgan fingerprint density at radius 1 is 0.861 bits per heavy atom. The SMILES string of the molecule is Cc1ccc(Nc2nc(N3CCCCC3)nc3c2CCN(c2ncccc2C(F)(F)F)CC3)cc1C. The largest absolute Gasteiger partial charge is 0.419 e. The van der Waals surface area contributed by atoms with Gasteiger partial charge in [0.15, 0.2) is 0 Å². The molecule has 2 aromatic heterocycles. The molecular weight excluding hydrogens is 465 g/mol. The second-order valence-electron chi connectivity index (χ2n) is 9.63. The van der Waals surface area contributed by atoms with Crippen LogP contribution < -0.4 is 15.1 Å². The summed E-state index contributed by atoms with van der Waals surface area (Å²) < 4.78 is 41.1. The predicted octanol–water partition coefficient (Wildman–Crippen LogP) is 5.85. The minimum absolute atomic E-state index is 0.0225. The maximum Gasteiger partial charge on any atom is 0.419 e. The number of piperidine rings is 1. The van der Waals surface area contributed by atoms with Gasteiger partial charge in [0.05, 0.1) is 11.3 Å². The van der Waals surface area contributed by atoms with Crippen molar-refractivity contribution < 1.29 is 13.2 Å². The van der Waals surface area contributed by atoms with E-state index in [4.69, 9.17) is 9.97 Å². The molecule has 4 heterocycles. The Balaban J connectivity index is 1.50. The molecule has 0 radical (unpaired) electrons. The van der Waals surface area contributed by atoms with Crippen LogP contribution in [0.4, 0.5) is 36.4 Å². The zero-order valence-corrected chi connectivity index (χ0v) is 20.7. The third-order valence-corrected chi connectivity index (χ3v) is 7.13. The zero-order chi connectivity index (χ0) is 25.3. The first-order valence-corrected chi connectivity index (χ1v) is 12.6. The van der Waals surface area contributed by atoms with E-state index in [1.165, 1.54) is 29.8 Å². The lowest BCUT2D eigenvalue weighted by Gasteiger charge is -2.28. The van der Waals surface area contributed by atoms with Gasteiger partial charge in [0.25, 0.3) is 0 Å². The molecule has 0 aliphatic carbocycles. The second kappa shape index (κ2) is 9.95. The van der Waals surface area contributed by atoms with Gasteiger partial charge >= 0.3 is 6.18 Å². The highest BCUT2D eigenvalue weighted by atomic mass is 19.4. The van der Waals surface area contributed by atoms with Gasteiger partial charge in [-0.15, -0.1) is 0 Å². The molecule has 0 spiro atoms. The Morgan fingerprint density at radius 2 is 1.64 bits per heavy atom. The van der Waals surface area contributed by atoms with Crippen LogP contribution in [0.25, 0.3) is 0 Å². The summed E-state index contributed by atoms with van der Waals surface area (Å²) in [5.41, 5.74) is 4.48. The molecule has 36 heavy (non-hydrogen) atoms. The summed E-state index contributed by atoms with van der Waals surface area (Å²) in [7, 11) is 0. The summed E-state index contributed by atoms with van der Waals surface area (Å²) in [4.78, 5) is 17.9. The first-order chi connectivity index (χ1) is 17.3. The van der Waals surface area contributed by atoms with E-state index >= 15 is 0 Å². The maximum absolute atomic E-state index is 13.7. The van der Waals surface area contributed by atoms with E-state index in [1.54, 1.807) is 4.90 Å². The molecule has 1 aromatic carbocycles. The smallest absolute Gasteiger partial charge is 0.355 e. The van der Waals surface area contributed by atoms with E-state index in [-0.39, 0.29) is 5.82 Å². The Labute approximate surface area is 209 Å². The van der Waals surface area contributed by atoms with Gasteiger partial charge in [-0.1, -0.05) is 6.07 Å². The lowest BCUT2D eigenvalue weighted by atomic mass is 10.1. The van der Waals surface area contributed by atoms with Gasteiger partial charge in [0, 0.05) is 50.0 Å². The lowest BCUT2D eigenvalue weighted by Crippen LogP contribution is -2.31. The lowest BCUT2D eigenvalue weighted by molar-refractivity contribution is -0.137. The standard InChI is InChI=1S/C27H31F3N6/c1-18-8-9-20(17-19(18)2)32-24-21-10-15-35(25-22(27(28,29)30)7-6-12-31-25)16-11-23(21)33-26(34-24)36-13-4-3-5-14-36/h6-9,12,17H,3-5,10-11,13-16H2,1-2H3,(H,32,33,34). The number of pyridine rings is 1. The molecule has 3 aromatic rings. The monoisotopic (exact) mass is 496 g/mol. The van der Waals surface area contributed by atoms with Crippen LogP contribution in [0, 0.1) is 13.8 Å². The Hall–Kier alpha value is -3.36. The third kappa shape index (κ3) is 5.10. The quantitative estimate of drug-likeness (QED) is 0.489. The number of aryl methyl sites for hydroxylation is 2. The predicted molar refractivity (Wildman–Crippen MR) is 136 cm³/mol. The zero-order valence-electron chi connectivity index (χ0n) is 20.7. The van der Waals surface area contributed by atoms with Crippen molar-refractivity contribution in [1.82, 2.24) is 15.0 Å². The molecule has 1 saturated heterocycles. The van der Waals surface area contributed by atoms with Crippen LogP contribution in [0.5, 0.6) is 0 Å². The average molecular weight is 497 g/mol. The fourth-order valence-corrected chi connectivity index (χ4v) is 4.96. The summed E-state index contributed by atoms with van der Waals surface area (Å²) in [5, 5.41) is 3.51. The van der Waals surface area contributed by atoms with Crippen LogP contribution in [-0.2, 0) is 19.0 Å². The van der Waals surface area contributed by atoms with E-state index in [0.717, 1.165) is 54.8 Å². The molecule has 5 rings (SSSR count). The molecule has 0 amide bonds. The van der Waals surface area contributed by atoms with Gasteiger partial charge in [-0.25, -0.2) is 9.97 Å². The fraction of sp³-hybridized carbons (Fsp3) is 0.444. The second-order valence-corrected chi connectivity index (χ2v) is 9.63. The molecule has 9 heteroatoms. The molecular formula is C27H31F3N6. The van der Waals surface area contributed by atoms with Crippen molar-refractivity contribution in [2.75, 3.05) is 41.3 Å². The number of fused-ring (bicyclic) bond motifs is 1. The van der Waals surface area contributed by atoms with E-state index in [9.17, 15) is 13.2 Å². The number of benzene rings is 1. The Kier molecular flexibility index (Phi) is 6.73. The molecule has 0 atom stereocenters. The van der Waals surface area contributed by atoms with E-state index in [0.29, 0.717) is 31.9 Å². The van der Waals surface area contributed by atoms with Crippen molar-refractivity contribution in [3.05, 3.63) is 64.5 Å². The van der Waals surface area contributed by atoms with Crippen LogP contribution in [0.1, 0.15) is 47.2 Å². The number of alkyl halides is 3. The molecule has 6 nitrogen and oxygen atoms in total. The van der Waals surface area contributed by atoms with Gasteiger partial charge in [-0.2, -0.15) is 18.2 Å². The highest BCUT2D eigenvalue weighted by molar-refractivity contribution is 5.64. The molecule has 1 fully saturated rings. The highest BCUT2D eigenvalue weighted by Gasteiger charge is 2.36. The van der Waals surface area contributed by atoms with Crippen LogP contribution in [0.15, 0.2) is 36.5 Å². The number of nitrogens with zero attached hydrogens (tertiary/aromatic N) is 5. The minimum Gasteiger partial charge on any atom is -0.355 e. The number of hydrogen-bond donors (Lipinski definition) is 1. The molecule has 2 aliphatic rings. The van der Waals surface area contributed by atoms with Crippen LogP contribution >= 0.6 is 0 Å². The normalized spacial score (nSPS) is 16.5. The van der Waals surface area contributed by atoms with Gasteiger partial charge < -0.3 is 15.1 Å². The van der Waals surface area contributed by atoms with Crippen LogP contribution in [0.2, 0.25) is 0 Å². The summed E-state index contributed by atoms with van der Waals surface area (Å²) in [6.07, 6.45) is 1.42. The number of anilines is 4. The first kappa shape index (κ1) is 24.3. The Bertz CT molecular complexity index is 1240. The number of nitrogens with one attached hydrogen (secondary N) is 1. The summed E-state index contributed by atoms with van der Waals surface area (Å²) >= 11 is 0. The summed E-state index contributed by atoms with van der Waals surface area (Å²) in [6, 6.07) is 8.63. The van der Waals surface area contributed by atoms with Gasteiger partial charge in [-0.3, -0.25) is 0 Å². The van der Waals surface area contributed by atoms with Crippen molar-refractivity contribution in [3.8, 4) is 0 Å². The van der Waals surface area contributed by atoms with Crippen molar-refractivity contribution in [1.29, 1.82) is 0 Å². The molecule has 1 N–H and O–H groups in total. The minimum atomic E-state index is -4.46. The summed E-state index contributed by atoms with van der Waals surface area (Å²) in [6.45, 7) is 6.79. The first-order valence-electron chi connectivity index (χ1n) is 12.6. The number of hydrogen-bond acceptors (Lipinski definition) is 6. The molecule has 2 aliphatic heterocycles. The number of rotatable bonds is 4. The Morgan fingerprint density at radius 3 is 2.39 bits per heavy atom. The van der Waals surface area contributed by atoms with E-state index < -0.39 is 11.7 Å². The van der Waals surface area contributed by atoms with Crippen molar-refractivity contribution in [3.63, 3.8) is 0 Å². The highest BCUT2D eigenvalue weighted by Crippen LogP contribution is 2.36. The molecule has 190 valence electrons. The van der Waals surface area contributed by atoms with Crippen LogP contribution in [-0.4, -0.2) is 41.1 Å². The van der Waals surface area contributed by atoms with Crippen molar-refractivity contribution >= 4 is 23.3 Å². The van der Waals surface area contributed by atoms with Crippen molar-refractivity contribution in [2.24, 2.45) is 0 Å². The topological polar surface area (TPSA) is 57.2 Å². The third-order valence-electron chi connectivity index (χ3n) is 7.13. The number of aromatic nitrogens is 3. The van der Waals surface area contributed by atoms with Gasteiger partial charge in [0.2, 0.25) is 5.95 Å².